The summed E-state index contributed by atoms with van der Waals surface area (Å²) in [6.07, 6.45) is 3.18. The molecule has 0 radical (unpaired) electrons. The lowest BCUT2D eigenvalue weighted by atomic mass is 9.96. The van der Waals surface area contributed by atoms with Crippen molar-refractivity contribution in [3.05, 3.63) is 65.2 Å². The van der Waals surface area contributed by atoms with Gasteiger partial charge in [0, 0.05) is 6.42 Å². The molecule has 2 rings (SSSR count). The van der Waals surface area contributed by atoms with E-state index in [0.29, 0.717) is 0 Å². The number of carboxylic acids is 1. The van der Waals surface area contributed by atoms with Crippen molar-refractivity contribution in [2.45, 2.75) is 51.7 Å². The van der Waals surface area contributed by atoms with Crippen LogP contribution in [-0.4, -0.2) is 28.3 Å². The van der Waals surface area contributed by atoms with E-state index in [2.05, 4.69) is 12.2 Å². The number of phenols is 1. The monoisotopic (exact) mass is 385 g/mol. The highest BCUT2D eigenvalue weighted by atomic mass is 16.5. The number of aromatic hydroxyl groups is 1. The van der Waals surface area contributed by atoms with Gasteiger partial charge in [0.1, 0.15) is 18.4 Å². The first-order valence-electron chi connectivity index (χ1n) is 9.50. The molecule has 0 saturated carbocycles. The van der Waals surface area contributed by atoms with Crippen LogP contribution in [0.15, 0.2) is 48.5 Å². The number of amides is 1. The van der Waals surface area contributed by atoms with Crippen LogP contribution in [0, 0.1) is 0 Å². The zero-order valence-corrected chi connectivity index (χ0v) is 16.1. The second-order valence-electron chi connectivity index (χ2n) is 6.71. The van der Waals surface area contributed by atoms with Crippen LogP contribution < -0.4 is 5.32 Å². The van der Waals surface area contributed by atoms with Gasteiger partial charge in [0.05, 0.1) is 0 Å². The molecule has 0 aliphatic heterocycles. The van der Waals surface area contributed by atoms with Gasteiger partial charge in [-0.1, -0.05) is 56.2 Å². The number of aryl methyl sites for hydroxylation is 1. The predicted molar refractivity (Wildman–Crippen MR) is 106 cm³/mol. The molecule has 0 saturated heterocycles. The van der Waals surface area contributed by atoms with Crippen molar-refractivity contribution in [3.63, 3.8) is 0 Å². The molecule has 0 aromatic heterocycles. The fourth-order valence-corrected chi connectivity index (χ4v) is 2.94. The van der Waals surface area contributed by atoms with Crippen LogP contribution in [0.25, 0.3) is 0 Å². The number of hydrogen-bond donors (Lipinski definition) is 3. The van der Waals surface area contributed by atoms with Crippen molar-refractivity contribution in [2.75, 3.05) is 0 Å². The van der Waals surface area contributed by atoms with Gasteiger partial charge in [0.25, 0.3) is 0 Å². The maximum atomic E-state index is 12.0. The minimum absolute atomic E-state index is 0.0699. The number of rotatable bonds is 10. The van der Waals surface area contributed by atoms with Crippen molar-refractivity contribution < 1.29 is 24.5 Å². The van der Waals surface area contributed by atoms with E-state index in [0.717, 1.165) is 42.4 Å². The Hall–Kier alpha value is -3.02. The highest BCUT2D eigenvalue weighted by Crippen LogP contribution is 2.21. The van der Waals surface area contributed by atoms with E-state index < -0.39 is 18.1 Å². The van der Waals surface area contributed by atoms with Gasteiger partial charge in [-0.2, -0.15) is 0 Å². The first-order chi connectivity index (χ1) is 13.5. The molecule has 0 bridgehead atoms. The zero-order valence-electron chi connectivity index (χ0n) is 16.1. The van der Waals surface area contributed by atoms with Crippen molar-refractivity contribution >= 4 is 12.1 Å². The summed E-state index contributed by atoms with van der Waals surface area (Å²) in [4.78, 5) is 23.7. The number of benzene rings is 2. The van der Waals surface area contributed by atoms with Crippen LogP contribution in [-0.2, 0) is 29.0 Å². The first-order valence-corrected chi connectivity index (χ1v) is 9.50. The van der Waals surface area contributed by atoms with Crippen molar-refractivity contribution in [1.82, 2.24) is 5.32 Å². The van der Waals surface area contributed by atoms with Gasteiger partial charge in [0.2, 0.25) is 0 Å². The zero-order chi connectivity index (χ0) is 20.4. The van der Waals surface area contributed by atoms with Gasteiger partial charge in [-0.05, 0) is 41.7 Å². The SMILES string of the molecule is CCCCCc1cc(O)ccc1C[C@H](NC(=O)OCc1ccccc1)C(=O)O. The second-order valence-corrected chi connectivity index (χ2v) is 6.71. The second kappa shape index (κ2) is 11.0. The molecule has 3 N–H and O–H groups in total. The van der Waals surface area contributed by atoms with E-state index in [9.17, 15) is 19.8 Å². The van der Waals surface area contributed by atoms with Crippen LogP contribution in [0.4, 0.5) is 4.79 Å². The number of carbonyl (C=O) groups excluding carboxylic acids is 1. The molecule has 2 aromatic rings. The number of ether oxygens (including phenoxy) is 1. The van der Waals surface area contributed by atoms with Crippen LogP contribution in [0.5, 0.6) is 5.75 Å². The third kappa shape index (κ3) is 6.95. The van der Waals surface area contributed by atoms with Gasteiger partial charge < -0.3 is 20.3 Å². The van der Waals surface area contributed by atoms with Gasteiger partial charge in [-0.15, -0.1) is 0 Å². The molecule has 6 heteroatoms. The van der Waals surface area contributed by atoms with Gasteiger partial charge in [-0.3, -0.25) is 0 Å². The first kappa shape index (κ1) is 21.3. The smallest absolute Gasteiger partial charge is 0.408 e. The topological polar surface area (TPSA) is 95.9 Å². The fraction of sp³-hybridized carbons (Fsp3) is 0.364. The highest BCUT2D eigenvalue weighted by molar-refractivity contribution is 5.80. The molecule has 2 aromatic carbocycles. The molecule has 1 amide bonds. The van der Waals surface area contributed by atoms with Crippen molar-refractivity contribution in [1.29, 1.82) is 0 Å². The summed E-state index contributed by atoms with van der Waals surface area (Å²) in [5, 5.41) is 21.7. The van der Waals surface area contributed by atoms with Crippen LogP contribution in [0.2, 0.25) is 0 Å². The third-order valence-electron chi connectivity index (χ3n) is 4.47. The Balaban J connectivity index is 2.00. The van der Waals surface area contributed by atoms with Crippen molar-refractivity contribution in [2.24, 2.45) is 0 Å². The quantitative estimate of drug-likeness (QED) is 0.536. The number of unbranched alkanes of at least 4 members (excludes halogenated alkanes) is 2. The largest absolute Gasteiger partial charge is 0.508 e. The Morgan fingerprint density at radius 3 is 2.50 bits per heavy atom. The average molecular weight is 385 g/mol. The van der Waals surface area contributed by atoms with E-state index in [1.807, 2.05) is 30.3 Å². The average Bonchev–Trinajstić information content (AvgIpc) is 2.68. The van der Waals surface area contributed by atoms with Gasteiger partial charge >= 0.3 is 12.1 Å². The summed E-state index contributed by atoms with van der Waals surface area (Å²) in [7, 11) is 0. The maximum Gasteiger partial charge on any atom is 0.408 e. The fourth-order valence-electron chi connectivity index (χ4n) is 2.94. The summed E-state index contributed by atoms with van der Waals surface area (Å²) in [6, 6.07) is 13.0. The molecular weight excluding hydrogens is 358 g/mol. The lowest BCUT2D eigenvalue weighted by Gasteiger charge is -2.17. The standard InChI is InChI=1S/C22H27NO5/c1-2-3-5-10-17-13-19(24)12-11-18(17)14-20(21(25)26)23-22(27)28-15-16-8-6-4-7-9-16/h4,6-9,11-13,20,24H,2-3,5,10,14-15H2,1H3,(H,23,27)(H,25,26)/t20-/m0/s1. The van der Waals surface area contributed by atoms with Crippen LogP contribution in [0.3, 0.4) is 0 Å². The van der Waals surface area contributed by atoms with E-state index in [4.69, 9.17) is 4.74 Å². The Bertz CT molecular complexity index is 776. The number of hydrogen-bond acceptors (Lipinski definition) is 4. The van der Waals surface area contributed by atoms with E-state index in [1.54, 1.807) is 12.1 Å². The van der Waals surface area contributed by atoms with E-state index >= 15 is 0 Å². The summed E-state index contributed by atoms with van der Waals surface area (Å²) in [5.41, 5.74) is 2.52. The Kier molecular flexibility index (Phi) is 8.34. The summed E-state index contributed by atoms with van der Waals surface area (Å²) in [5.74, 6) is -0.985. The summed E-state index contributed by atoms with van der Waals surface area (Å²) < 4.78 is 5.12. The third-order valence-corrected chi connectivity index (χ3v) is 4.47. The van der Waals surface area contributed by atoms with Crippen LogP contribution in [0.1, 0.15) is 42.9 Å². The normalized spacial score (nSPS) is 11.6. The lowest BCUT2D eigenvalue weighted by Crippen LogP contribution is -2.42. The van der Waals surface area contributed by atoms with E-state index in [1.165, 1.54) is 6.07 Å². The predicted octanol–water partition coefficient (Wildman–Crippen LogP) is 4.05. The number of carbonyl (C=O) groups is 2. The molecule has 0 spiro atoms. The molecule has 150 valence electrons. The summed E-state index contributed by atoms with van der Waals surface area (Å²) >= 11 is 0. The number of nitrogens with one attached hydrogen (secondary N) is 1. The molecule has 0 unspecified atom stereocenters. The number of phenolic OH excluding ortho intramolecular Hbond substituents is 1. The molecule has 0 aliphatic rings. The van der Waals surface area contributed by atoms with Crippen LogP contribution >= 0.6 is 0 Å². The van der Waals surface area contributed by atoms with E-state index in [-0.39, 0.29) is 18.8 Å². The molecular formula is C22H27NO5. The molecule has 28 heavy (non-hydrogen) atoms. The molecule has 0 heterocycles. The molecule has 0 aliphatic carbocycles. The number of aliphatic carboxylic acids is 1. The van der Waals surface area contributed by atoms with Gasteiger partial charge in [0.15, 0.2) is 0 Å². The Morgan fingerprint density at radius 1 is 1.07 bits per heavy atom. The summed E-state index contributed by atoms with van der Waals surface area (Å²) in [6.45, 7) is 2.18. The minimum atomic E-state index is -1.13. The highest BCUT2D eigenvalue weighted by Gasteiger charge is 2.22. The number of alkyl carbamates (subject to hydrolysis) is 1. The molecule has 6 nitrogen and oxygen atoms in total. The maximum absolute atomic E-state index is 12.0. The van der Waals surface area contributed by atoms with Gasteiger partial charge in [-0.25, -0.2) is 9.59 Å². The minimum Gasteiger partial charge on any atom is -0.508 e. The molecule has 1 atom stereocenters. The Morgan fingerprint density at radius 2 is 1.82 bits per heavy atom. The number of carboxylic acid groups (broad SMARTS) is 1. The lowest BCUT2D eigenvalue weighted by molar-refractivity contribution is -0.139. The van der Waals surface area contributed by atoms with Crippen molar-refractivity contribution in [3.8, 4) is 5.75 Å². The Labute approximate surface area is 165 Å². The molecule has 0 fully saturated rings.